The van der Waals surface area contributed by atoms with E-state index < -0.39 is 15.4 Å². The number of sulfonamides is 1. The lowest BCUT2D eigenvalue weighted by molar-refractivity contribution is 0.307. The number of oxime groups is 1. The second kappa shape index (κ2) is 6.64. The van der Waals surface area contributed by atoms with Crippen LogP contribution in [0, 0.1) is 12.3 Å². The average Bonchev–Trinajstić information content (AvgIpc) is 2.39. The Balaban J connectivity index is 3.06. The van der Waals surface area contributed by atoms with E-state index in [0.717, 1.165) is 5.56 Å². The zero-order valence-corrected chi connectivity index (χ0v) is 15.8. The summed E-state index contributed by atoms with van der Waals surface area (Å²) in [5, 5.41) is 11.6. The number of rotatable bonds is 5. The molecule has 9 heteroatoms. The number of nitrogens with one attached hydrogen (secondary N) is 1. The molecule has 21 heavy (non-hydrogen) atoms. The van der Waals surface area contributed by atoms with Crippen LogP contribution in [-0.2, 0) is 10.0 Å². The minimum absolute atomic E-state index is 0.00314. The van der Waals surface area contributed by atoms with Gasteiger partial charge in [0.15, 0.2) is 0 Å². The van der Waals surface area contributed by atoms with Gasteiger partial charge >= 0.3 is 0 Å². The second-order valence-corrected chi connectivity index (χ2v) is 8.67. The topological polar surface area (TPSA) is 105 Å². The molecule has 0 atom stereocenters. The number of amidine groups is 1. The highest BCUT2D eigenvalue weighted by Gasteiger charge is 2.27. The molecule has 4 N–H and O–H groups in total. The number of nitrogens with zero attached hydrogens (tertiary/aromatic N) is 1. The molecule has 0 aliphatic rings. The first-order valence-corrected chi connectivity index (χ1v) is 9.01. The van der Waals surface area contributed by atoms with Crippen LogP contribution >= 0.6 is 31.9 Å². The molecule has 0 bridgehead atoms. The number of halogens is 2. The normalized spacial score (nSPS) is 13.5. The lowest BCUT2D eigenvalue weighted by Crippen LogP contribution is -2.42. The second-order valence-electron chi connectivity index (χ2n) is 5.23. The van der Waals surface area contributed by atoms with E-state index in [1.807, 2.05) is 6.92 Å². The van der Waals surface area contributed by atoms with E-state index in [1.165, 1.54) is 6.07 Å². The van der Waals surface area contributed by atoms with Gasteiger partial charge in [-0.1, -0.05) is 34.9 Å². The van der Waals surface area contributed by atoms with Gasteiger partial charge < -0.3 is 10.9 Å². The molecule has 0 heterocycles. The molecule has 0 radical (unpaired) electrons. The average molecular weight is 443 g/mol. The summed E-state index contributed by atoms with van der Waals surface area (Å²) in [5.74, 6) is -0.0469. The van der Waals surface area contributed by atoms with Gasteiger partial charge in [-0.2, -0.15) is 0 Å². The quantitative estimate of drug-likeness (QED) is 0.282. The fourth-order valence-corrected chi connectivity index (χ4v) is 4.30. The van der Waals surface area contributed by atoms with Gasteiger partial charge in [0.25, 0.3) is 0 Å². The molecule has 0 saturated heterocycles. The van der Waals surface area contributed by atoms with Crippen molar-refractivity contribution in [3.8, 4) is 0 Å². The highest BCUT2D eigenvalue weighted by molar-refractivity contribution is 9.11. The third kappa shape index (κ3) is 4.41. The molecule has 118 valence electrons. The van der Waals surface area contributed by atoms with Crippen LogP contribution in [0.3, 0.4) is 0 Å². The maximum absolute atomic E-state index is 12.4. The molecule has 1 rings (SSSR count). The van der Waals surface area contributed by atoms with Crippen molar-refractivity contribution in [2.24, 2.45) is 16.3 Å². The van der Waals surface area contributed by atoms with E-state index in [-0.39, 0.29) is 17.3 Å². The van der Waals surface area contributed by atoms with Crippen LogP contribution in [-0.4, -0.2) is 26.0 Å². The van der Waals surface area contributed by atoms with Gasteiger partial charge in [-0.3, -0.25) is 0 Å². The van der Waals surface area contributed by atoms with E-state index in [1.54, 1.807) is 19.9 Å². The number of hydrogen-bond acceptors (Lipinski definition) is 4. The standard InChI is InChI=1S/C12H17Br2N3O3S/c1-7-4-9(14)10(5-8(7)13)21(19,20)16-6-12(2,3)11(15)17-18/h4-5,16,18H,6H2,1-3H3,(H2,15,17). The smallest absolute Gasteiger partial charge is 0.241 e. The Hall–Kier alpha value is -0.640. The molecule has 6 nitrogen and oxygen atoms in total. The van der Waals surface area contributed by atoms with E-state index in [0.29, 0.717) is 8.95 Å². The number of benzene rings is 1. The van der Waals surface area contributed by atoms with E-state index in [4.69, 9.17) is 10.9 Å². The van der Waals surface area contributed by atoms with Crippen molar-refractivity contribution >= 4 is 47.7 Å². The molecule has 0 aromatic heterocycles. The summed E-state index contributed by atoms with van der Waals surface area (Å²) < 4.78 is 28.4. The number of nitrogens with two attached hydrogens (primary N) is 1. The van der Waals surface area contributed by atoms with Gasteiger partial charge in [0.2, 0.25) is 10.0 Å². The van der Waals surface area contributed by atoms with Gasteiger partial charge in [-0.25, -0.2) is 13.1 Å². The highest BCUT2D eigenvalue weighted by Crippen LogP contribution is 2.29. The van der Waals surface area contributed by atoms with Crippen LogP contribution < -0.4 is 10.5 Å². The van der Waals surface area contributed by atoms with E-state index >= 15 is 0 Å². The Labute approximate surface area is 141 Å². The maximum Gasteiger partial charge on any atom is 0.241 e. The predicted molar refractivity (Wildman–Crippen MR) is 89.0 cm³/mol. The third-order valence-electron chi connectivity index (χ3n) is 3.01. The van der Waals surface area contributed by atoms with Crippen LogP contribution in [0.4, 0.5) is 0 Å². The van der Waals surface area contributed by atoms with Crippen molar-refractivity contribution in [3.63, 3.8) is 0 Å². The van der Waals surface area contributed by atoms with Crippen molar-refractivity contribution < 1.29 is 13.6 Å². The van der Waals surface area contributed by atoms with Crippen molar-refractivity contribution in [1.29, 1.82) is 0 Å². The summed E-state index contributed by atoms with van der Waals surface area (Å²) in [5.41, 5.74) is 5.65. The van der Waals surface area contributed by atoms with Gasteiger partial charge in [0, 0.05) is 20.9 Å². The molecule has 1 aromatic carbocycles. The third-order valence-corrected chi connectivity index (χ3v) is 6.22. The van der Waals surface area contributed by atoms with Crippen LogP contribution in [0.25, 0.3) is 0 Å². The molecule has 0 amide bonds. The monoisotopic (exact) mass is 441 g/mol. The summed E-state index contributed by atoms with van der Waals surface area (Å²) in [6.45, 7) is 5.21. The summed E-state index contributed by atoms with van der Waals surface area (Å²) >= 11 is 6.56. The zero-order valence-electron chi connectivity index (χ0n) is 11.8. The lowest BCUT2D eigenvalue weighted by atomic mass is 9.93. The van der Waals surface area contributed by atoms with Crippen molar-refractivity contribution in [2.45, 2.75) is 25.7 Å². The molecule has 0 unspecified atom stereocenters. The van der Waals surface area contributed by atoms with Gasteiger partial charge in [-0.15, -0.1) is 0 Å². The molecular weight excluding hydrogens is 426 g/mol. The van der Waals surface area contributed by atoms with Crippen molar-refractivity contribution in [1.82, 2.24) is 4.72 Å². The molecular formula is C12H17Br2N3O3S. The van der Waals surface area contributed by atoms with Gasteiger partial charge in [0.05, 0.1) is 4.90 Å². The SMILES string of the molecule is Cc1cc(Br)c(S(=O)(=O)NCC(C)(C)/C(N)=N/O)cc1Br. The number of aryl methyl sites for hydroxylation is 1. The van der Waals surface area contributed by atoms with Crippen LogP contribution in [0.15, 0.2) is 31.1 Å². The fraction of sp³-hybridized carbons (Fsp3) is 0.417. The minimum atomic E-state index is -3.72. The Bertz CT molecular complexity index is 673. The summed E-state index contributed by atoms with van der Waals surface area (Å²) in [6.07, 6.45) is 0. The molecule has 0 aliphatic carbocycles. The van der Waals surface area contributed by atoms with E-state index in [9.17, 15) is 8.42 Å². The zero-order chi connectivity index (χ0) is 16.4. The lowest BCUT2D eigenvalue weighted by Gasteiger charge is -2.23. The highest BCUT2D eigenvalue weighted by atomic mass is 79.9. The summed E-state index contributed by atoms with van der Waals surface area (Å²) in [7, 11) is -3.72. The Morgan fingerprint density at radius 3 is 2.48 bits per heavy atom. The fourth-order valence-electron chi connectivity index (χ4n) is 1.41. The first kappa shape index (κ1) is 18.4. The number of hydrogen-bond donors (Lipinski definition) is 3. The molecule has 0 fully saturated rings. The molecule has 0 spiro atoms. The Morgan fingerprint density at radius 2 is 1.95 bits per heavy atom. The van der Waals surface area contributed by atoms with Crippen molar-refractivity contribution in [3.05, 3.63) is 26.6 Å². The first-order valence-electron chi connectivity index (χ1n) is 5.94. The first-order chi connectivity index (χ1) is 9.51. The van der Waals surface area contributed by atoms with Crippen LogP contribution in [0.1, 0.15) is 19.4 Å². The summed E-state index contributed by atoms with van der Waals surface area (Å²) in [4.78, 5) is 0.121. The van der Waals surface area contributed by atoms with Crippen molar-refractivity contribution in [2.75, 3.05) is 6.54 Å². The predicted octanol–water partition coefficient (Wildman–Crippen LogP) is 2.57. The Morgan fingerprint density at radius 1 is 1.38 bits per heavy atom. The van der Waals surface area contributed by atoms with Crippen LogP contribution in [0.5, 0.6) is 0 Å². The molecule has 1 aromatic rings. The summed E-state index contributed by atoms with van der Waals surface area (Å²) in [6, 6.07) is 3.24. The van der Waals surface area contributed by atoms with Gasteiger partial charge in [-0.05, 0) is 40.5 Å². The minimum Gasteiger partial charge on any atom is -0.409 e. The van der Waals surface area contributed by atoms with Gasteiger partial charge in [0.1, 0.15) is 5.84 Å². The molecule has 0 aliphatic heterocycles. The largest absolute Gasteiger partial charge is 0.409 e. The van der Waals surface area contributed by atoms with E-state index in [2.05, 4.69) is 41.7 Å². The maximum atomic E-state index is 12.4. The van der Waals surface area contributed by atoms with Crippen LogP contribution in [0.2, 0.25) is 0 Å². The Kier molecular flexibility index (Phi) is 5.82. The molecule has 0 saturated carbocycles.